The molecule has 0 bridgehead atoms. The topological polar surface area (TPSA) is 41.1 Å². The largest absolute Gasteiger partial charge is 0.354 e. The lowest BCUT2D eigenvalue weighted by Gasteiger charge is -2.41. The normalized spacial score (nSPS) is 27.4. The summed E-state index contributed by atoms with van der Waals surface area (Å²) in [6.07, 6.45) is 2.45. The minimum absolute atomic E-state index is 0.301. The molecule has 1 aromatic rings. The highest BCUT2D eigenvalue weighted by atomic mass is 19.1. The summed E-state index contributed by atoms with van der Waals surface area (Å²) in [5.41, 5.74) is 0. The van der Waals surface area contributed by atoms with Crippen LogP contribution in [0.5, 0.6) is 0 Å². The van der Waals surface area contributed by atoms with Crippen molar-refractivity contribution < 1.29 is 4.39 Å². The van der Waals surface area contributed by atoms with Gasteiger partial charge in [0, 0.05) is 19.1 Å². The van der Waals surface area contributed by atoms with Crippen LogP contribution in [0, 0.1) is 17.7 Å². The third-order valence-corrected chi connectivity index (χ3v) is 3.93. The third-order valence-electron chi connectivity index (χ3n) is 3.93. The van der Waals surface area contributed by atoms with E-state index in [1.54, 1.807) is 0 Å². The van der Waals surface area contributed by atoms with Gasteiger partial charge in [0.2, 0.25) is 5.95 Å². The fourth-order valence-corrected chi connectivity index (χ4v) is 2.80. The summed E-state index contributed by atoms with van der Waals surface area (Å²) in [6, 6.07) is 0.301. The Labute approximate surface area is 114 Å². The first kappa shape index (κ1) is 14.0. The first-order valence-electron chi connectivity index (χ1n) is 7.06. The summed E-state index contributed by atoms with van der Waals surface area (Å²) in [5, 5.41) is 3.04. The first-order valence-corrected chi connectivity index (χ1v) is 7.06. The molecule has 0 amide bonds. The van der Waals surface area contributed by atoms with Gasteiger partial charge in [0.1, 0.15) is 0 Å². The summed E-state index contributed by atoms with van der Waals surface area (Å²) in [6.45, 7) is 10.1. The van der Waals surface area contributed by atoms with Gasteiger partial charge in [-0.3, -0.25) is 0 Å². The van der Waals surface area contributed by atoms with Gasteiger partial charge in [-0.2, -0.15) is 4.98 Å². The highest BCUT2D eigenvalue weighted by molar-refractivity contribution is 5.45. The molecule has 1 aliphatic rings. The molecule has 0 aromatic carbocycles. The molecule has 19 heavy (non-hydrogen) atoms. The van der Waals surface area contributed by atoms with Crippen molar-refractivity contribution >= 4 is 11.8 Å². The molecule has 5 heteroatoms. The second-order valence-electron chi connectivity index (χ2n) is 5.61. The van der Waals surface area contributed by atoms with E-state index in [0.29, 0.717) is 29.6 Å². The van der Waals surface area contributed by atoms with E-state index in [1.807, 2.05) is 6.92 Å². The van der Waals surface area contributed by atoms with Crippen LogP contribution in [0.3, 0.4) is 0 Å². The van der Waals surface area contributed by atoms with Crippen molar-refractivity contribution in [2.45, 2.75) is 40.2 Å². The molecule has 2 rings (SSSR count). The molecule has 1 aliphatic heterocycles. The highest BCUT2D eigenvalue weighted by Crippen LogP contribution is 2.31. The van der Waals surface area contributed by atoms with E-state index in [1.165, 1.54) is 12.6 Å². The van der Waals surface area contributed by atoms with Crippen LogP contribution in [0.25, 0.3) is 0 Å². The molecule has 106 valence electrons. The van der Waals surface area contributed by atoms with Gasteiger partial charge < -0.3 is 10.2 Å². The van der Waals surface area contributed by atoms with Gasteiger partial charge in [0.15, 0.2) is 11.6 Å². The molecule has 0 saturated carbocycles. The van der Waals surface area contributed by atoms with Crippen LogP contribution in [0.15, 0.2) is 6.20 Å². The average Bonchev–Trinajstić information content (AvgIpc) is 2.36. The van der Waals surface area contributed by atoms with Crippen molar-refractivity contribution in [1.82, 2.24) is 9.97 Å². The van der Waals surface area contributed by atoms with E-state index >= 15 is 0 Å². The average molecular weight is 266 g/mol. The van der Waals surface area contributed by atoms with E-state index in [4.69, 9.17) is 0 Å². The lowest BCUT2D eigenvalue weighted by atomic mass is 9.86. The van der Waals surface area contributed by atoms with Crippen molar-refractivity contribution in [1.29, 1.82) is 0 Å². The second kappa shape index (κ2) is 5.72. The number of halogens is 1. The van der Waals surface area contributed by atoms with E-state index in [0.717, 1.165) is 13.1 Å². The molecule has 4 nitrogen and oxygen atoms in total. The number of hydrogen-bond acceptors (Lipinski definition) is 4. The summed E-state index contributed by atoms with van der Waals surface area (Å²) in [7, 11) is 0. The fourth-order valence-electron chi connectivity index (χ4n) is 2.80. The monoisotopic (exact) mass is 266 g/mol. The summed E-state index contributed by atoms with van der Waals surface area (Å²) >= 11 is 0. The number of nitrogens with zero attached hydrogens (tertiary/aromatic N) is 3. The lowest BCUT2D eigenvalue weighted by Crippen LogP contribution is -2.46. The van der Waals surface area contributed by atoms with Crippen LogP contribution in [0.1, 0.15) is 34.1 Å². The van der Waals surface area contributed by atoms with E-state index < -0.39 is 0 Å². The van der Waals surface area contributed by atoms with E-state index in [9.17, 15) is 4.39 Å². The maximum absolute atomic E-state index is 14.0. The fraction of sp³-hybridized carbons (Fsp3) is 0.714. The minimum atomic E-state index is -0.338. The van der Waals surface area contributed by atoms with Gasteiger partial charge in [0.25, 0.3) is 0 Å². The molecule has 2 heterocycles. The van der Waals surface area contributed by atoms with E-state index in [-0.39, 0.29) is 5.82 Å². The van der Waals surface area contributed by atoms with Gasteiger partial charge in [-0.25, -0.2) is 9.37 Å². The van der Waals surface area contributed by atoms with Gasteiger partial charge in [-0.1, -0.05) is 13.8 Å². The van der Waals surface area contributed by atoms with Crippen LogP contribution in [-0.4, -0.2) is 29.1 Å². The van der Waals surface area contributed by atoms with E-state index in [2.05, 4.69) is 41.0 Å². The Bertz CT molecular complexity index is 437. The lowest BCUT2D eigenvalue weighted by molar-refractivity contribution is 0.293. The molecule has 1 saturated heterocycles. The zero-order valence-corrected chi connectivity index (χ0v) is 12.2. The van der Waals surface area contributed by atoms with Crippen LogP contribution >= 0.6 is 0 Å². The van der Waals surface area contributed by atoms with Gasteiger partial charge in [0.05, 0.1) is 6.20 Å². The Morgan fingerprint density at radius 3 is 2.84 bits per heavy atom. The molecule has 1 N–H and O–H groups in total. The van der Waals surface area contributed by atoms with Crippen molar-refractivity contribution in [3.05, 3.63) is 12.0 Å². The highest BCUT2D eigenvalue weighted by Gasteiger charge is 2.31. The van der Waals surface area contributed by atoms with Gasteiger partial charge in [-0.05, 0) is 32.1 Å². The first-order chi connectivity index (χ1) is 9.02. The zero-order chi connectivity index (χ0) is 14.0. The van der Waals surface area contributed by atoms with Crippen LogP contribution in [0.4, 0.5) is 16.2 Å². The zero-order valence-electron chi connectivity index (χ0n) is 12.2. The molecular formula is C14H23FN4. The second-order valence-corrected chi connectivity index (χ2v) is 5.61. The van der Waals surface area contributed by atoms with Crippen molar-refractivity contribution in [2.75, 3.05) is 23.3 Å². The smallest absolute Gasteiger partial charge is 0.224 e. The molecular weight excluding hydrogens is 243 g/mol. The van der Waals surface area contributed by atoms with Crippen molar-refractivity contribution in [2.24, 2.45) is 11.8 Å². The summed E-state index contributed by atoms with van der Waals surface area (Å²) < 4.78 is 14.0. The Morgan fingerprint density at radius 1 is 1.42 bits per heavy atom. The Hall–Kier alpha value is -1.39. The number of hydrogen-bond donors (Lipinski definition) is 1. The summed E-state index contributed by atoms with van der Waals surface area (Å²) in [4.78, 5) is 10.4. The van der Waals surface area contributed by atoms with Gasteiger partial charge >= 0.3 is 0 Å². The molecule has 0 spiro atoms. The van der Waals surface area contributed by atoms with Crippen LogP contribution in [0.2, 0.25) is 0 Å². The quantitative estimate of drug-likeness (QED) is 0.913. The Kier molecular flexibility index (Phi) is 4.22. The molecule has 1 aromatic heterocycles. The maximum Gasteiger partial charge on any atom is 0.224 e. The SMILES string of the molecule is CCNc1ncc(F)c(N2CC(C)CC(C)C2C)n1. The summed E-state index contributed by atoms with van der Waals surface area (Å²) in [5.74, 6) is 1.69. The number of anilines is 2. The maximum atomic E-state index is 14.0. The molecule has 0 radical (unpaired) electrons. The predicted octanol–water partition coefficient (Wildman–Crippen LogP) is 2.92. The van der Waals surface area contributed by atoms with Crippen molar-refractivity contribution in [3.8, 4) is 0 Å². The van der Waals surface area contributed by atoms with Gasteiger partial charge in [-0.15, -0.1) is 0 Å². The Morgan fingerprint density at radius 2 is 2.16 bits per heavy atom. The molecule has 3 unspecified atom stereocenters. The Balaban J connectivity index is 2.30. The van der Waals surface area contributed by atoms with Crippen molar-refractivity contribution in [3.63, 3.8) is 0 Å². The number of rotatable bonds is 3. The number of piperidine rings is 1. The number of aromatic nitrogens is 2. The molecule has 0 aliphatic carbocycles. The predicted molar refractivity (Wildman–Crippen MR) is 75.9 cm³/mol. The molecule has 1 fully saturated rings. The van der Waals surface area contributed by atoms with Crippen LogP contribution < -0.4 is 10.2 Å². The third kappa shape index (κ3) is 2.96. The molecule has 3 atom stereocenters. The van der Waals surface area contributed by atoms with Crippen LogP contribution in [-0.2, 0) is 0 Å². The minimum Gasteiger partial charge on any atom is -0.354 e. The number of nitrogens with one attached hydrogen (secondary N) is 1. The standard InChI is InChI=1S/C14H23FN4/c1-5-16-14-17-7-12(15)13(18-14)19-8-9(2)6-10(3)11(19)4/h7,9-11H,5-6,8H2,1-4H3,(H,16,17,18).